The number of imide groups is 1. The van der Waals surface area contributed by atoms with Crippen molar-refractivity contribution < 1.29 is 42.6 Å². The topological polar surface area (TPSA) is 138 Å². The van der Waals surface area contributed by atoms with Crippen LogP contribution in [0.3, 0.4) is 0 Å². The first-order chi connectivity index (χ1) is 25.3. The van der Waals surface area contributed by atoms with Crippen molar-refractivity contribution in [2.45, 2.75) is 97.2 Å². The third kappa shape index (κ3) is 11.8. The van der Waals surface area contributed by atoms with Crippen LogP contribution < -0.4 is 5.32 Å². The van der Waals surface area contributed by atoms with E-state index < -0.39 is 61.6 Å². The molecular weight excluding hydrogens is 715 g/mol. The molecule has 4 amide bonds. The van der Waals surface area contributed by atoms with Crippen LogP contribution >= 0.6 is 0 Å². The Labute approximate surface area is 316 Å². The molecule has 2 aromatic carbocycles. The zero-order valence-electron chi connectivity index (χ0n) is 32.0. The van der Waals surface area contributed by atoms with Gasteiger partial charge >= 0.3 is 12.1 Å². The summed E-state index contributed by atoms with van der Waals surface area (Å²) >= 11 is 0. The average Bonchev–Trinajstić information content (AvgIpc) is 3.63. The Hall–Kier alpha value is -4.85. The SMILES string of the molecule is CC(C)(C)[C@H](c1cc(-c2cc(F)ccc2F)cn1Cc1ccccc1)N(CC[C@@H](CN1C(=O)CCC1=O)NC(=O)OCC[Si](C)(C)C)C(=O)CCC(=O)O. The molecule has 1 saturated heterocycles. The largest absolute Gasteiger partial charge is 0.481 e. The van der Waals surface area contributed by atoms with E-state index in [2.05, 4.69) is 25.0 Å². The van der Waals surface area contributed by atoms with Gasteiger partial charge in [-0.15, -0.1) is 0 Å². The number of benzene rings is 2. The van der Waals surface area contributed by atoms with Crippen LogP contribution in [0.25, 0.3) is 11.1 Å². The van der Waals surface area contributed by atoms with E-state index >= 15 is 4.39 Å². The van der Waals surface area contributed by atoms with Crippen LogP contribution in [-0.4, -0.2) is 83.1 Å². The molecule has 11 nitrogen and oxygen atoms in total. The van der Waals surface area contributed by atoms with Crippen molar-refractivity contribution >= 4 is 37.9 Å². The highest BCUT2D eigenvalue weighted by molar-refractivity contribution is 6.76. The summed E-state index contributed by atoms with van der Waals surface area (Å²) in [6, 6.07) is 13.6. The summed E-state index contributed by atoms with van der Waals surface area (Å²) in [5.74, 6) is -3.60. The Morgan fingerprint density at radius 3 is 2.26 bits per heavy atom. The minimum Gasteiger partial charge on any atom is -0.481 e. The van der Waals surface area contributed by atoms with Crippen molar-refractivity contribution in [3.8, 4) is 11.1 Å². The molecule has 1 aliphatic heterocycles. The Morgan fingerprint density at radius 1 is 0.981 bits per heavy atom. The smallest absolute Gasteiger partial charge is 0.407 e. The second-order valence-electron chi connectivity index (χ2n) is 16.1. The number of amides is 4. The number of hydrogen-bond donors (Lipinski definition) is 2. The fourth-order valence-electron chi connectivity index (χ4n) is 6.58. The molecule has 0 saturated carbocycles. The molecule has 2 N–H and O–H groups in total. The molecule has 4 rings (SSSR count). The van der Waals surface area contributed by atoms with Gasteiger partial charge in [-0.2, -0.15) is 0 Å². The second kappa shape index (κ2) is 18.0. The lowest BCUT2D eigenvalue weighted by Crippen LogP contribution is -2.49. The van der Waals surface area contributed by atoms with Gasteiger partial charge in [-0.25, -0.2) is 13.6 Å². The summed E-state index contributed by atoms with van der Waals surface area (Å²) < 4.78 is 37.0. The van der Waals surface area contributed by atoms with E-state index in [1.165, 1.54) is 0 Å². The molecule has 1 aliphatic rings. The minimum atomic E-state index is -1.52. The van der Waals surface area contributed by atoms with E-state index in [1.807, 2.05) is 55.7 Å². The van der Waals surface area contributed by atoms with Crippen LogP contribution in [-0.2, 0) is 30.5 Å². The molecule has 14 heteroatoms. The number of aromatic nitrogens is 1. The van der Waals surface area contributed by atoms with E-state index in [0.29, 0.717) is 17.8 Å². The maximum Gasteiger partial charge on any atom is 0.407 e. The first-order valence-electron chi connectivity index (χ1n) is 18.3. The number of likely N-dealkylation sites (tertiary alicyclic amines) is 1. The lowest BCUT2D eigenvalue weighted by atomic mass is 9.82. The number of carboxylic acids is 1. The summed E-state index contributed by atoms with van der Waals surface area (Å²) in [5.41, 5.74) is 1.22. The molecule has 0 aliphatic carbocycles. The molecule has 1 aromatic heterocycles. The standard InChI is InChI=1S/C40H52F2N4O7Si/c1-40(2,3)38(33-22-28(31-23-29(41)12-13-32(31)42)25-44(33)24-27-10-8-7-9-11-27)45(34(47)16-17-37(50)51)19-18-30(26-46-35(48)14-15-36(46)49)43-39(52)53-20-21-54(4,5)6/h7-13,22-23,25,30,38H,14-21,24,26H2,1-6H3,(H,43,52)(H,50,51)/t30-,38-/m0/s1. The Kier molecular flexibility index (Phi) is 14.0. The van der Waals surface area contributed by atoms with Crippen LogP contribution in [0.1, 0.15) is 70.2 Å². The third-order valence-electron chi connectivity index (χ3n) is 9.33. The number of ether oxygens (including phenoxy) is 1. The molecule has 0 unspecified atom stereocenters. The molecule has 292 valence electrons. The van der Waals surface area contributed by atoms with Crippen LogP contribution in [0.2, 0.25) is 25.7 Å². The van der Waals surface area contributed by atoms with E-state index in [4.69, 9.17) is 4.74 Å². The van der Waals surface area contributed by atoms with Crippen molar-refractivity contribution in [1.29, 1.82) is 0 Å². The lowest BCUT2D eigenvalue weighted by molar-refractivity contribution is -0.143. The average molecular weight is 767 g/mol. The lowest BCUT2D eigenvalue weighted by Gasteiger charge is -2.41. The quantitative estimate of drug-likeness (QED) is 0.109. The molecule has 54 heavy (non-hydrogen) atoms. The number of carboxylic acid groups (broad SMARTS) is 1. The number of carbonyl (C=O) groups is 5. The first-order valence-corrected chi connectivity index (χ1v) is 22.0. The number of nitrogens with one attached hydrogen (secondary N) is 1. The van der Waals surface area contributed by atoms with E-state index in [-0.39, 0.29) is 62.8 Å². The normalized spacial score (nSPS) is 14.6. The first kappa shape index (κ1) is 41.9. The maximum atomic E-state index is 15.2. The number of aliphatic carboxylic acids is 1. The minimum absolute atomic E-state index is 0.0172. The van der Waals surface area contributed by atoms with E-state index in [0.717, 1.165) is 34.7 Å². The third-order valence-corrected chi connectivity index (χ3v) is 11.0. The zero-order valence-corrected chi connectivity index (χ0v) is 33.0. The highest BCUT2D eigenvalue weighted by atomic mass is 28.3. The summed E-state index contributed by atoms with van der Waals surface area (Å²) in [5, 5.41) is 12.3. The number of nitrogens with zero attached hydrogens (tertiary/aromatic N) is 3. The van der Waals surface area contributed by atoms with Gasteiger partial charge in [-0.1, -0.05) is 70.7 Å². The summed E-state index contributed by atoms with van der Waals surface area (Å²) in [7, 11) is -1.52. The number of hydrogen-bond acceptors (Lipinski definition) is 6. The van der Waals surface area contributed by atoms with Gasteiger partial charge in [0, 0.05) is 70.0 Å². The molecule has 0 bridgehead atoms. The van der Waals surface area contributed by atoms with Crippen LogP contribution in [0, 0.1) is 17.0 Å². The maximum absolute atomic E-state index is 15.2. The van der Waals surface area contributed by atoms with Crippen molar-refractivity contribution in [2.75, 3.05) is 19.7 Å². The van der Waals surface area contributed by atoms with Crippen LogP contribution in [0.4, 0.5) is 13.6 Å². The van der Waals surface area contributed by atoms with Crippen molar-refractivity contribution in [1.82, 2.24) is 19.7 Å². The summed E-state index contributed by atoms with van der Waals surface area (Å²) in [6.45, 7) is 12.6. The van der Waals surface area contributed by atoms with Gasteiger partial charge in [0.1, 0.15) is 11.6 Å². The van der Waals surface area contributed by atoms with Gasteiger partial charge in [0.25, 0.3) is 0 Å². The fourth-order valence-corrected chi connectivity index (χ4v) is 7.29. The fraction of sp³-hybridized carbons (Fsp3) is 0.475. The Bertz CT molecular complexity index is 1800. The number of halogens is 2. The van der Waals surface area contributed by atoms with Crippen molar-refractivity contribution in [3.63, 3.8) is 0 Å². The van der Waals surface area contributed by atoms with Crippen molar-refractivity contribution in [3.05, 3.63) is 83.7 Å². The molecular formula is C40H52F2N4O7Si. The van der Waals surface area contributed by atoms with E-state index in [9.17, 15) is 33.5 Å². The van der Waals surface area contributed by atoms with Gasteiger partial charge in [0.05, 0.1) is 25.1 Å². The predicted octanol–water partition coefficient (Wildman–Crippen LogP) is 7.23. The monoisotopic (exact) mass is 766 g/mol. The predicted molar refractivity (Wildman–Crippen MR) is 203 cm³/mol. The molecule has 1 fully saturated rings. The van der Waals surface area contributed by atoms with Crippen LogP contribution in [0.5, 0.6) is 0 Å². The summed E-state index contributed by atoms with van der Waals surface area (Å²) in [4.78, 5) is 66.9. The Balaban J connectivity index is 1.77. The summed E-state index contributed by atoms with van der Waals surface area (Å²) in [6.07, 6.45) is 0.439. The molecule has 0 spiro atoms. The number of carbonyl (C=O) groups excluding carboxylic acids is 4. The van der Waals surface area contributed by atoms with Gasteiger partial charge < -0.3 is 24.6 Å². The number of alkyl carbamates (subject to hydrolysis) is 1. The van der Waals surface area contributed by atoms with Gasteiger partial charge in [-0.3, -0.25) is 24.1 Å². The molecule has 3 aromatic rings. The highest BCUT2D eigenvalue weighted by Gasteiger charge is 2.38. The molecule has 0 radical (unpaired) electrons. The second-order valence-corrected chi connectivity index (χ2v) is 21.7. The molecule has 2 atom stereocenters. The van der Waals surface area contributed by atoms with Gasteiger partial charge in [0.15, 0.2) is 0 Å². The molecule has 2 heterocycles. The van der Waals surface area contributed by atoms with Gasteiger partial charge in [-0.05, 0) is 47.7 Å². The Morgan fingerprint density at radius 2 is 1.65 bits per heavy atom. The zero-order chi connectivity index (χ0) is 39.8. The van der Waals surface area contributed by atoms with Crippen molar-refractivity contribution in [2.24, 2.45) is 5.41 Å². The van der Waals surface area contributed by atoms with Gasteiger partial charge in [0.2, 0.25) is 17.7 Å². The number of rotatable bonds is 17. The van der Waals surface area contributed by atoms with E-state index in [1.54, 1.807) is 17.2 Å². The highest BCUT2D eigenvalue weighted by Crippen LogP contribution is 2.41. The van der Waals surface area contributed by atoms with Crippen LogP contribution in [0.15, 0.2) is 60.8 Å².